The minimum atomic E-state index is -0.300. The highest BCUT2D eigenvalue weighted by atomic mass is 35.5. The fourth-order valence-electron chi connectivity index (χ4n) is 4.43. The van der Waals surface area contributed by atoms with E-state index in [2.05, 4.69) is 5.32 Å². The van der Waals surface area contributed by atoms with E-state index < -0.39 is 0 Å². The molecule has 2 aliphatic rings. The van der Waals surface area contributed by atoms with Crippen LogP contribution < -0.4 is 14.8 Å². The van der Waals surface area contributed by atoms with Gasteiger partial charge < -0.3 is 14.8 Å². The number of carbonyl (C=O) groups excluding carboxylic acids is 2. The lowest BCUT2D eigenvalue weighted by atomic mass is 9.73. The van der Waals surface area contributed by atoms with Gasteiger partial charge in [-0.15, -0.1) is 0 Å². The summed E-state index contributed by atoms with van der Waals surface area (Å²) in [5.74, 6) is 0.950. The molecule has 1 heterocycles. The molecule has 156 valence electrons. The second-order valence-electron chi connectivity index (χ2n) is 7.59. The summed E-state index contributed by atoms with van der Waals surface area (Å²) in [7, 11) is 1.60. The zero-order valence-corrected chi connectivity index (χ0v) is 17.8. The number of hydrogen-bond acceptors (Lipinski definition) is 4. The smallest absolute Gasteiger partial charge is 0.225 e. The molecule has 0 unspecified atom stereocenters. The monoisotopic (exact) mass is 425 g/mol. The number of nitrogens with one attached hydrogen (secondary N) is 1. The van der Waals surface area contributed by atoms with E-state index in [9.17, 15) is 9.59 Å². The first-order valence-corrected chi connectivity index (χ1v) is 10.5. The minimum Gasteiger partial charge on any atom is -0.493 e. The zero-order valence-electron chi connectivity index (χ0n) is 17.0. The average Bonchev–Trinajstić information content (AvgIpc) is 2.73. The fourth-order valence-corrected chi connectivity index (χ4v) is 4.70. The summed E-state index contributed by atoms with van der Waals surface area (Å²) < 4.78 is 11.1. The number of methoxy groups -OCH3 is 1. The highest BCUT2D eigenvalue weighted by molar-refractivity contribution is 6.31. The van der Waals surface area contributed by atoms with Gasteiger partial charge in [0.1, 0.15) is 0 Å². The third kappa shape index (κ3) is 3.82. The Morgan fingerprint density at radius 2 is 1.87 bits per heavy atom. The Kier molecular flexibility index (Phi) is 5.82. The molecule has 0 saturated heterocycles. The molecule has 0 saturated carbocycles. The molecule has 6 heteroatoms. The molecular formula is C24H24ClNO4. The molecule has 0 radical (unpaired) electrons. The van der Waals surface area contributed by atoms with Crippen LogP contribution in [0, 0.1) is 0 Å². The van der Waals surface area contributed by atoms with Crippen LogP contribution in [0.3, 0.4) is 0 Å². The Labute approximate surface area is 181 Å². The number of Topliss-reactive ketones (excluding diaryl/α,β-unsaturated/α-hetero) is 1. The number of carbonyl (C=O) groups is 2. The first kappa shape index (κ1) is 20.5. The maximum absolute atomic E-state index is 13.2. The minimum absolute atomic E-state index is 0.0360. The molecule has 1 N–H and O–H groups in total. The van der Waals surface area contributed by atoms with Crippen molar-refractivity contribution in [3.8, 4) is 11.5 Å². The molecule has 0 fully saturated rings. The van der Waals surface area contributed by atoms with E-state index >= 15 is 0 Å². The lowest BCUT2D eigenvalue weighted by Gasteiger charge is -2.34. The van der Waals surface area contributed by atoms with Crippen molar-refractivity contribution in [2.24, 2.45) is 0 Å². The normalized spacial score (nSPS) is 21.2. The van der Waals surface area contributed by atoms with Crippen molar-refractivity contribution in [1.29, 1.82) is 0 Å². The topological polar surface area (TPSA) is 64.6 Å². The molecule has 1 amide bonds. The van der Waals surface area contributed by atoms with Gasteiger partial charge in [-0.3, -0.25) is 9.59 Å². The highest BCUT2D eigenvalue weighted by Crippen LogP contribution is 2.44. The summed E-state index contributed by atoms with van der Waals surface area (Å²) in [5.41, 5.74) is 3.22. The van der Waals surface area contributed by atoms with Crippen molar-refractivity contribution < 1.29 is 19.1 Å². The predicted octanol–water partition coefficient (Wildman–Crippen LogP) is 4.75. The van der Waals surface area contributed by atoms with E-state index in [1.54, 1.807) is 13.2 Å². The van der Waals surface area contributed by atoms with Crippen molar-refractivity contribution in [2.75, 3.05) is 13.7 Å². The van der Waals surface area contributed by atoms with Crippen LogP contribution in [0.2, 0.25) is 5.02 Å². The number of ether oxygens (including phenoxy) is 2. The molecule has 4 rings (SSSR count). The number of halogens is 1. The number of benzene rings is 2. The number of ketones is 1. The van der Waals surface area contributed by atoms with Crippen molar-refractivity contribution in [3.05, 3.63) is 69.9 Å². The van der Waals surface area contributed by atoms with Crippen molar-refractivity contribution in [3.63, 3.8) is 0 Å². The Bertz CT molecular complexity index is 1030. The lowest BCUT2D eigenvalue weighted by Crippen LogP contribution is -2.38. The summed E-state index contributed by atoms with van der Waals surface area (Å²) in [5, 5.41) is 3.53. The Balaban J connectivity index is 1.69. The van der Waals surface area contributed by atoms with E-state index in [0.29, 0.717) is 47.2 Å². The summed E-state index contributed by atoms with van der Waals surface area (Å²) in [6.45, 7) is 2.46. The molecule has 0 spiro atoms. The van der Waals surface area contributed by atoms with Gasteiger partial charge in [0, 0.05) is 35.1 Å². The second kappa shape index (κ2) is 8.52. The lowest BCUT2D eigenvalue weighted by molar-refractivity contribution is -0.122. The van der Waals surface area contributed by atoms with Crippen LogP contribution in [0.15, 0.2) is 53.7 Å². The summed E-state index contributed by atoms with van der Waals surface area (Å²) in [4.78, 5) is 25.7. The third-order valence-corrected chi connectivity index (χ3v) is 6.12. The van der Waals surface area contributed by atoms with E-state index in [1.807, 2.05) is 43.3 Å². The van der Waals surface area contributed by atoms with Crippen molar-refractivity contribution >= 4 is 23.3 Å². The summed E-state index contributed by atoms with van der Waals surface area (Å²) in [6.07, 6.45) is 1.20. The van der Waals surface area contributed by atoms with E-state index in [4.69, 9.17) is 21.1 Å². The molecule has 0 aromatic heterocycles. The number of amides is 1. The van der Waals surface area contributed by atoms with Gasteiger partial charge in [0.25, 0.3) is 0 Å². The van der Waals surface area contributed by atoms with E-state index in [-0.39, 0.29) is 29.9 Å². The van der Waals surface area contributed by atoms with Crippen LogP contribution in [0.4, 0.5) is 0 Å². The zero-order chi connectivity index (χ0) is 21.3. The Morgan fingerprint density at radius 1 is 1.07 bits per heavy atom. The van der Waals surface area contributed by atoms with E-state index in [0.717, 1.165) is 11.1 Å². The average molecular weight is 426 g/mol. The molecule has 0 bridgehead atoms. The van der Waals surface area contributed by atoms with Gasteiger partial charge in [-0.25, -0.2) is 0 Å². The molecule has 5 nitrogen and oxygen atoms in total. The first-order valence-electron chi connectivity index (χ1n) is 10.1. The van der Waals surface area contributed by atoms with Crippen molar-refractivity contribution in [1.82, 2.24) is 5.32 Å². The molecule has 30 heavy (non-hydrogen) atoms. The largest absolute Gasteiger partial charge is 0.493 e. The van der Waals surface area contributed by atoms with Gasteiger partial charge in [0.15, 0.2) is 17.3 Å². The van der Waals surface area contributed by atoms with Crippen LogP contribution in [0.25, 0.3) is 0 Å². The third-order valence-electron chi connectivity index (χ3n) is 5.78. The summed E-state index contributed by atoms with van der Waals surface area (Å²) in [6, 6.07) is 13.2. The Hall–Kier alpha value is -2.79. The van der Waals surface area contributed by atoms with Crippen LogP contribution in [-0.2, 0) is 9.59 Å². The second-order valence-corrected chi connectivity index (χ2v) is 8.00. The van der Waals surface area contributed by atoms with Gasteiger partial charge >= 0.3 is 0 Å². The predicted molar refractivity (Wildman–Crippen MR) is 115 cm³/mol. The maximum Gasteiger partial charge on any atom is 0.225 e. The maximum atomic E-state index is 13.2. The standard InChI is InChI=1S/C24H24ClNO4/c1-3-30-21-9-8-14(12-22(21)29-2)15-10-19-24(20(27)11-15)17(13-23(28)26-19)16-6-4-5-7-18(16)25/h4-9,12,15,17H,3,10-11,13H2,1-2H3,(H,26,28)/t15-,17-/m0/s1. The molecule has 2 aromatic carbocycles. The molecule has 1 aliphatic carbocycles. The fraction of sp³-hybridized carbons (Fsp3) is 0.333. The number of hydrogen-bond donors (Lipinski definition) is 1. The molecular weight excluding hydrogens is 402 g/mol. The van der Waals surface area contributed by atoms with Gasteiger partial charge in [-0.1, -0.05) is 35.9 Å². The highest BCUT2D eigenvalue weighted by Gasteiger charge is 2.38. The Morgan fingerprint density at radius 3 is 2.60 bits per heavy atom. The van der Waals surface area contributed by atoms with Crippen LogP contribution in [0.5, 0.6) is 11.5 Å². The SMILES string of the molecule is CCOc1ccc([C@@H]2CC(=O)C3=C(C2)NC(=O)C[C@H]3c2ccccc2Cl)cc1OC. The number of allylic oxidation sites excluding steroid dienone is 2. The van der Waals surface area contributed by atoms with Crippen LogP contribution in [0.1, 0.15) is 49.1 Å². The number of rotatable bonds is 5. The first-order chi connectivity index (χ1) is 14.5. The van der Waals surface area contributed by atoms with Crippen molar-refractivity contribution in [2.45, 2.75) is 38.0 Å². The van der Waals surface area contributed by atoms with Crippen LogP contribution in [-0.4, -0.2) is 25.4 Å². The van der Waals surface area contributed by atoms with Gasteiger partial charge in [-0.2, -0.15) is 0 Å². The quantitative estimate of drug-likeness (QED) is 0.750. The summed E-state index contributed by atoms with van der Waals surface area (Å²) >= 11 is 6.39. The molecule has 2 atom stereocenters. The van der Waals surface area contributed by atoms with Gasteiger partial charge in [0.2, 0.25) is 5.91 Å². The molecule has 2 aromatic rings. The van der Waals surface area contributed by atoms with Gasteiger partial charge in [-0.05, 0) is 48.6 Å². The van der Waals surface area contributed by atoms with Gasteiger partial charge in [0.05, 0.1) is 13.7 Å². The van der Waals surface area contributed by atoms with E-state index in [1.165, 1.54) is 0 Å². The van der Waals surface area contributed by atoms with Crippen LogP contribution >= 0.6 is 11.6 Å². The molecule has 1 aliphatic heterocycles.